The Hall–Kier alpha value is -2.73. The van der Waals surface area contributed by atoms with Gasteiger partial charge < -0.3 is 15.2 Å². The molecule has 3 aromatic rings. The molecule has 0 radical (unpaired) electrons. The number of benzene rings is 2. The number of hydrogen-bond donors (Lipinski definition) is 1. The molecule has 1 saturated heterocycles. The van der Waals surface area contributed by atoms with Crippen LogP contribution in [0.3, 0.4) is 0 Å². The number of sulfonamides is 1. The van der Waals surface area contributed by atoms with Crippen LogP contribution in [0.4, 0.5) is 0 Å². The van der Waals surface area contributed by atoms with Gasteiger partial charge in [-0.1, -0.05) is 23.7 Å². The number of piperidine rings is 1. The van der Waals surface area contributed by atoms with Crippen LogP contribution < -0.4 is 10.5 Å². The van der Waals surface area contributed by atoms with Gasteiger partial charge in [0.15, 0.2) is 4.80 Å². The fourth-order valence-corrected chi connectivity index (χ4v) is 7.09. The lowest BCUT2D eigenvalue weighted by atomic mass is 9.95. The number of aromatic nitrogens is 1. The zero-order chi connectivity index (χ0) is 26.0. The molecule has 0 aliphatic carbocycles. The van der Waals surface area contributed by atoms with Crippen LogP contribution in [0.2, 0.25) is 5.02 Å². The van der Waals surface area contributed by atoms with E-state index in [4.69, 9.17) is 17.3 Å². The van der Waals surface area contributed by atoms with Crippen molar-refractivity contribution in [3.8, 4) is 0 Å². The summed E-state index contributed by atoms with van der Waals surface area (Å²) in [5.74, 6) is -0.871. The Morgan fingerprint density at radius 2 is 1.81 bits per heavy atom. The van der Waals surface area contributed by atoms with Crippen molar-refractivity contribution in [1.29, 1.82) is 0 Å². The van der Waals surface area contributed by atoms with Crippen LogP contribution in [0, 0.1) is 0 Å². The van der Waals surface area contributed by atoms with E-state index in [9.17, 15) is 18.0 Å². The molecule has 36 heavy (non-hydrogen) atoms. The number of carbonyl (C=O) groups is 2. The molecule has 1 aliphatic rings. The van der Waals surface area contributed by atoms with E-state index in [0.717, 1.165) is 27.3 Å². The minimum atomic E-state index is -4.15. The second kappa shape index (κ2) is 10.7. The zero-order valence-corrected chi connectivity index (χ0v) is 22.4. The molecule has 1 aromatic heterocycles. The molecular formula is C24H28ClN5O4S2. The van der Waals surface area contributed by atoms with Gasteiger partial charge in [0.05, 0.1) is 18.0 Å². The number of carbonyl (C=O) groups excluding carboxylic acids is 2. The summed E-state index contributed by atoms with van der Waals surface area (Å²) in [5, 5.41) is 1.99. The quantitative estimate of drug-likeness (QED) is 0.486. The molecule has 2 aromatic carbocycles. The first-order valence-electron chi connectivity index (χ1n) is 11.4. The van der Waals surface area contributed by atoms with Gasteiger partial charge in [0.2, 0.25) is 21.8 Å². The third kappa shape index (κ3) is 5.64. The maximum atomic E-state index is 13.4. The number of likely N-dealkylation sites (tertiary alicyclic amines) is 1. The first kappa shape index (κ1) is 26.3. The van der Waals surface area contributed by atoms with Crippen LogP contribution in [0.1, 0.15) is 23.6 Å². The Morgan fingerprint density at radius 1 is 1.14 bits per heavy atom. The monoisotopic (exact) mass is 549 g/mol. The number of fused-ring (bicyclic) bond motifs is 1. The second-order valence-electron chi connectivity index (χ2n) is 8.80. The molecule has 1 aliphatic heterocycles. The molecule has 9 nitrogen and oxygen atoms in total. The summed E-state index contributed by atoms with van der Waals surface area (Å²) in [5.41, 5.74) is 5.34. The fraction of sp³-hybridized carbons (Fsp3) is 0.375. The van der Waals surface area contributed by atoms with Crippen molar-refractivity contribution < 1.29 is 18.0 Å². The van der Waals surface area contributed by atoms with Gasteiger partial charge in [0.25, 0.3) is 0 Å². The maximum absolute atomic E-state index is 13.4. The molecule has 0 saturated carbocycles. The van der Waals surface area contributed by atoms with Crippen LogP contribution in [-0.2, 0) is 26.7 Å². The molecule has 2 amide bonds. The van der Waals surface area contributed by atoms with E-state index >= 15 is 0 Å². The molecule has 0 bridgehead atoms. The normalized spacial score (nSPS) is 15.7. The predicted molar refractivity (Wildman–Crippen MR) is 140 cm³/mol. The molecule has 2 heterocycles. The van der Waals surface area contributed by atoms with Crippen LogP contribution in [0.5, 0.6) is 0 Å². The maximum Gasteiger partial charge on any atom is 0.244 e. The number of hydrogen-bond acceptors (Lipinski definition) is 6. The van der Waals surface area contributed by atoms with Crippen molar-refractivity contribution >= 4 is 55.5 Å². The molecule has 192 valence electrons. The second-order valence-corrected chi connectivity index (χ2v) is 12.2. The Kier molecular flexibility index (Phi) is 7.84. The SMILES string of the molecule is CN=c1sc(C2CCN(C(=O)CN(CC(N)=O)S(=O)(=O)c3ccc4cc(Cl)ccc4c3)CC2)cn1C. The summed E-state index contributed by atoms with van der Waals surface area (Å²) in [6.45, 7) is -0.0323. The molecular weight excluding hydrogens is 522 g/mol. The molecule has 0 spiro atoms. The summed E-state index contributed by atoms with van der Waals surface area (Å²) < 4.78 is 29.7. The van der Waals surface area contributed by atoms with Crippen molar-refractivity contribution in [2.75, 3.05) is 33.2 Å². The highest BCUT2D eigenvalue weighted by Crippen LogP contribution is 2.30. The smallest absolute Gasteiger partial charge is 0.244 e. The minimum Gasteiger partial charge on any atom is -0.369 e. The number of thiazole rings is 1. The Balaban J connectivity index is 1.49. The van der Waals surface area contributed by atoms with E-state index in [-0.39, 0.29) is 10.8 Å². The van der Waals surface area contributed by atoms with E-state index in [1.165, 1.54) is 17.0 Å². The van der Waals surface area contributed by atoms with Gasteiger partial charge in [0, 0.05) is 43.3 Å². The Labute approximate surface area is 218 Å². The van der Waals surface area contributed by atoms with E-state index in [0.29, 0.717) is 29.4 Å². The van der Waals surface area contributed by atoms with Gasteiger partial charge in [-0.05, 0) is 53.8 Å². The van der Waals surface area contributed by atoms with Crippen LogP contribution in [0.15, 0.2) is 52.5 Å². The largest absolute Gasteiger partial charge is 0.369 e. The van der Waals surface area contributed by atoms with Crippen molar-refractivity contribution in [3.63, 3.8) is 0 Å². The Morgan fingerprint density at radius 3 is 2.44 bits per heavy atom. The molecule has 0 unspecified atom stereocenters. The third-order valence-electron chi connectivity index (χ3n) is 6.33. The van der Waals surface area contributed by atoms with Gasteiger partial charge in [-0.25, -0.2) is 8.42 Å². The predicted octanol–water partition coefficient (Wildman–Crippen LogP) is 2.31. The number of primary amides is 1. The first-order chi connectivity index (χ1) is 17.1. The lowest BCUT2D eigenvalue weighted by Gasteiger charge is -2.33. The van der Waals surface area contributed by atoms with Gasteiger partial charge in [-0.15, -0.1) is 11.3 Å². The number of aryl methyl sites for hydroxylation is 1. The average Bonchev–Trinajstić information content (AvgIpc) is 3.23. The van der Waals surface area contributed by atoms with E-state index < -0.39 is 29.0 Å². The van der Waals surface area contributed by atoms with E-state index in [1.54, 1.807) is 47.5 Å². The number of rotatable bonds is 7. The lowest BCUT2D eigenvalue weighted by molar-refractivity contribution is -0.132. The zero-order valence-electron chi connectivity index (χ0n) is 20.1. The van der Waals surface area contributed by atoms with E-state index in [1.807, 2.05) is 11.6 Å². The average molecular weight is 550 g/mol. The summed E-state index contributed by atoms with van der Waals surface area (Å²) >= 11 is 7.66. The highest BCUT2D eigenvalue weighted by Gasteiger charge is 2.32. The third-order valence-corrected chi connectivity index (χ3v) is 9.68. The van der Waals surface area contributed by atoms with Crippen LogP contribution >= 0.6 is 22.9 Å². The van der Waals surface area contributed by atoms with Gasteiger partial charge >= 0.3 is 0 Å². The van der Waals surface area contributed by atoms with E-state index in [2.05, 4.69) is 11.2 Å². The fourth-order valence-electron chi connectivity index (χ4n) is 4.41. The van der Waals surface area contributed by atoms with Crippen LogP contribution in [0.25, 0.3) is 10.8 Å². The van der Waals surface area contributed by atoms with Crippen molar-refractivity contribution in [2.45, 2.75) is 23.7 Å². The van der Waals surface area contributed by atoms with Crippen molar-refractivity contribution in [2.24, 2.45) is 17.8 Å². The summed E-state index contributed by atoms with van der Waals surface area (Å²) in [7, 11) is -0.432. The number of halogens is 1. The summed E-state index contributed by atoms with van der Waals surface area (Å²) in [6.07, 6.45) is 3.62. The van der Waals surface area contributed by atoms with Crippen molar-refractivity contribution in [1.82, 2.24) is 13.8 Å². The molecule has 0 atom stereocenters. The van der Waals surface area contributed by atoms with Crippen molar-refractivity contribution in [3.05, 3.63) is 57.3 Å². The molecule has 4 rings (SSSR count). The highest BCUT2D eigenvalue weighted by atomic mass is 35.5. The van der Waals surface area contributed by atoms with Crippen LogP contribution in [-0.4, -0.2) is 67.2 Å². The number of nitrogens with zero attached hydrogens (tertiary/aromatic N) is 4. The Bertz CT molecular complexity index is 1470. The molecule has 2 N–H and O–H groups in total. The number of nitrogens with two attached hydrogens (primary N) is 1. The number of amides is 2. The molecule has 12 heteroatoms. The lowest BCUT2D eigenvalue weighted by Crippen LogP contribution is -2.47. The standard InChI is InChI=1S/C24H28ClN5O4S2/c1-27-24-28(2)13-21(35-24)16-7-9-29(10-8-16)23(32)15-30(14-22(26)31)36(33,34)20-6-4-17-11-19(25)5-3-18(17)12-20/h3-6,11-13,16H,7-10,14-15H2,1-2H3,(H2,26,31). The van der Waals surface area contributed by atoms with Gasteiger partial charge in [-0.2, -0.15) is 4.31 Å². The summed E-state index contributed by atoms with van der Waals surface area (Å²) in [4.78, 5) is 32.9. The first-order valence-corrected chi connectivity index (χ1v) is 14.1. The highest BCUT2D eigenvalue weighted by molar-refractivity contribution is 7.89. The van der Waals surface area contributed by atoms with Gasteiger partial charge in [-0.3, -0.25) is 14.6 Å². The molecule has 1 fully saturated rings. The topological polar surface area (TPSA) is 118 Å². The minimum absolute atomic E-state index is 0.0206. The summed E-state index contributed by atoms with van der Waals surface area (Å²) in [6, 6.07) is 9.71. The van der Waals surface area contributed by atoms with Gasteiger partial charge in [0.1, 0.15) is 0 Å².